The third kappa shape index (κ3) is 11.0. The number of rotatable bonds is 10. The highest BCUT2D eigenvalue weighted by atomic mass is 79.9. The maximum absolute atomic E-state index is 14.3. The molecular formula is C49H39BrF2N18O. The summed E-state index contributed by atoms with van der Waals surface area (Å²) >= 11 is 3.34. The van der Waals surface area contributed by atoms with Crippen molar-refractivity contribution < 1.29 is 13.3 Å². The predicted molar refractivity (Wildman–Crippen MR) is 266 cm³/mol. The van der Waals surface area contributed by atoms with E-state index in [4.69, 9.17) is 4.52 Å². The summed E-state index contributed by atoms with van der Waals surface area (Å²) in [6.07, 6.45) is 31.0. The SMILES string of the molecule is Brc1cnc2[nH]ccc2c1.C(=C\n1cncn1)/c1cnc2[nH]ccc2c1.Fc1cccc(-c2cnoc2-c2c[nH]c3ncc(CCn4cncn4)cc23)c1F.c1ncn(CCc2cnc3[nH]ccc3c2)n1. The Bertz CT molecular complexity index is 3800. The molecule has 0 bridgehead atoms. The number of hydrogen-bond donors (Lipinski definition) is 4. The van der Waals surface area contributed by atoms with E-state index in [0.717, 1.165) is 73.1 Å². The minimum Gasteiger partial charge on any atom is -0.356 e. The van der Waals surface area contributed by atoms with Gasteiger partial charge in [0.15, 0.2) is 17.4 Å². The van der Waals surface area contributed by atoms with Crippen LogP contribution >= 0.6 is 15.9 Å². The molecule has 12 aromatic heterocycles. The molecule has 352 valence electrons. The molecule has 0 spiro atoms. The molecule has 13 aromatic rings. The molecule has 71 heavy (non-hydrogen) atoms. The number of aromatic nitrogens is 18. The quantitative estimate of drug-likeness (QED) is 0.100. The molecule has 1 aromatic carbocycles. The van der Waals surface area contributed by atoms with Crippen LogP contribution in [0.5, 0.6) is 0 Å². The van der Waals surface area contributed by atoms with Crippen molar-refractivity contribution in [3.8, 4) is 22.5 Å². The van der Waals surface area contributed by atoms with Gasteiger partial charge in [0, 0.05) is 106 Å². The Morgan fingerprint density at radius 3 is 1.89 bits per heavy atom. The number of aryl methyl sites for hydroxylation is 4. The van der Waals surface area contributed by atoms with Crippen molar-refractivity contribution in [2.45, 2.75) is 25.9 Å². The molecule has 19 nitrogen and oxygen atoms in total. The van der Waals surface area contributed by atoms with Crippen molar-refractivity contribution in [1.82, 2.24) is 89.3 Å². The van der Waals surface area contributed by atoms with Crippen LogP contribution < -0.4 is 0 Å². The molecule has 0 aliphatic rings. The molecule has 4 N–H and O–H groups in total. The molecule has 0 saturated carbocycles. The van der Waals surface area contributed by atoms with Crippen molar-refractivity contribution in [3.63, 3.8) is 0 Å². The highest BCUT2D eigenvalue weighted by Crippen LogP contribution is 2.37. The number of aromatic amines is 4. The lowest BCUT2D eigenvalue weighted by Gasteiger charge is -2.04. The molecule has 13 rings (SSSR count). The first-order valence-electron chi connectivity index (χ1n) is 21.9. The first-order chi connectivity index (χ1) is 34.9. The normalized spacial score (nSPS) is 11.2. The maximum Gasteiger partial charge on any atom is 0.176 e. The van der Waals surface area contributed by atoms with Crippen molar-refractivity contribution >= 4 is 72.3 Å². The van der Waals surface area contributed by atoms with Crippen molar-refractivity contribution in [3.05, 3.63) is 187 Å². The number of H-pyrrole nitrogens is 4. The molecule has 0 radical (unpaired) electrons. The number of nitrogens with one attached hydrogen (secondary N) is 4. The second-order valence-corrected chi connectivity index (χ2v) is 16.5. The molecule has 0 aliphatic heterocycles. The second-order valence-electron chi connectivity index (χ2n) is 15.6. The summed E-state index contributed by atoms with van der Waals surface area (Å²) in [7, 11) is 0. The van der Waals surface area contributed by atoms with Gasteiger partial charge in [0.05, 0.1) is 11.8 Å². The Labute approximate surface area is 408 Å². The Morgan fingerprint density at radius 2 is 1.21 bits per heavy atom. The van der Waals surface area contributed by atoms with Crippen LogP contribution in [0, 0.1) is 11.6 Å². The minimum atomic E-state index is -0.941. The smallest absolute Gasteiger partial charge is 0.176 e. The molecule has 0 fully saturated rings. The summed E-state index contributed by atoms with van der Waals surface area (Å²) in [6, 6.07) is 18.3. The van der Waals surface area contributed by atoms with E-state index in [1.807, 2.05) is 78.3 Å². The summed E-state index contributed by atoms with van der Waals surface area (Å²) in [5.41, 5.74) is 7.79. The number of pyridine rings is 4. The lowest BCUT2D eigenvalue weighted by Crippen LogP contribution is -2.01. The summed E-state index contributed by atoms with van der Waals surface area (Å²) in [4.78, 5) is 41.1. The van der Waals surface area contributed by atoms with Crippen molar-refractivity contribution in [2.24, 2.45) is 0 Å². The highest BCUT2D eigenvalue weighted by Gasteiger charge is 2.21. The van der Waals surface area contributed by atoms with E-state index >= 15 is 0 Å². The van der Waals surface area contributed by atoms with Crippen LogP contribution in [0.3, 0.4) is 0 Å². The number of benzene rings is 1. The van der Waals surface area contributed by atoms with Gasteiger partial charge in [0.2, 0.25) is 0 Å². The van der Waals surface area contributed by atoms with Gasteiger partial charge in [0.1, 0.15) is 60.6 Å². The van der Waals surface area contributed by atoms with Crippen LogP contribution in [-0.4, -0.2) is 89.3 Å². The second kappa shape index (κ2) is 21.3. The number of fused-ring (bicyclic) bond motifs is 4. The van der Waals surface area contributed by atoms with Gasteiger partial charge < -0.3 is 24.5 Å². The van der Waals surface area contributed by atoms with E-state index in [-0.39, 0.29) is 5.56 Å². The topological polar surface area (TPSA) is 233 Å². The fourth-order valence-electron chi connectivity index (χ4n) is 7.43. The molecule has 12 heterocycles. The Kier molecular flexibility index (Phi) is 13.7. The van der Waals surface area contributed by atoms with Crippen molar-refractivity contribution in [1.29, 1.82) is 0 Å². The van der Waals surface area contributed by atoms with E-state index in [0.29, 0.717) is 35.5 Å². The lowest BCUT2D eigenvalue weighted by atomic mass is 10.0. The highest BCUT2D eigenvalue weighted by molar-refractivity contribution is 9.10. The molecular weight excluding hydrogens is 975 g/mol. The molecule has 0 aliphatic carbocycles. The largest absolute Gasteiger partial charge is 0.356 e. The number of halogens is 3. The first kappa shape index (κ1) is 45.5. The number of nitrogens with zero attached hydrogens (tertiary/aromatic N) is 14. The van der Waals surface area contributed by atoms with Gasteiger partial charge in [-0.3, -0.25) is 9.36 Å². The molecule has 0 saturated heterocycles. The first-order valence-corrected chi connectivity index (χ1v) is 22.7. The van der Waals surface area contributed by atoms with Crippen molar-refractivity contribution in [2.75, 3.05) is 0 Å². The summed E-state index contributed by atoms with van der Waals surface area (Å²) in [6.45, 7) is 1.49. The van der Waals surface area contributed by atoms with E-state index in [9.17, 15) is 8.78 Å². The van der Waals surface area contributed by atoms with Gasteiger partial charge in [-0.1, -0.05) is 17.3 Å². The number of hydrogen-bond acceptors (Lipinski definition) is 12. The fraction of sp³-hybridized carbons (Fsp3) is 0.0816. The minimum absolute atomic E-state index is 0.0888. The van der Waals surface area contributed by atoms with E-state index in [1.165, 1.54) is 36.5 Å². The summed E-state index contributed by atoms with van der Waals surface area (Å²) in [5.74, 6) is -1.52. The van der Waals surface area contributed by atoms with E-state index in [1.54, 1.807) is 53.3 Å². The molecule has 22 heteroatoms. The van der Waals surface area contributed by atoms with Gasteiger partial charge in [-0.05, 0) is 100 Å². The molecule has 0 atom stereocenters. The third-order valence-corrected chi connectivity index (χ3v) is 11.4. The average Bonchev–Trinajstić information content (AvgIpc) is 4.25. The van der Waals surface area contributed by atoms with Gasteiger partial charge in [-0.15, -0.1) is 0 Å². The fourth-order valence-corrected chi connectivity index (χ4v) is 7.78. The van der Waals surface area contributed by atoms with Gasteiger partial charge in [-0.25, -0.2) is 48.4 Å². The van der Waals surface area contributed by atoms with Gasteiger partial charge >= 0.3 is 0 Å². The Balaban J connectivity index is 0.000000118. The zero-order chi connectivity index (χ0) is 48.4. The monoisotopic (exact) mass is 1010 g/mol. The van der Waals surface area contributed by atoms with Gasteiger partial charge in [0.25, 0.3) is 0 Å². The predicted octanol–water partition coefficient (Wildman–Crippen LogP) is 9.50. The molecule has 0 amide bonds. The third-order valence-electron chi connectivity index (χ3n) is 10.9. The van der Waals surface area contributed by atoms with E-state index < -0.39 is 11.6 Å². The maximum atomic E-state index is 14.3. The standard InChI is InChI=1S/C20H14F2N6O.C11H11N5.C11H9N5.C7H5BrN2/c21-17-3-1-2-13(18(17)22)16-9-27-29-19(16)15-8-25-20-14(15)6-12(7-24-20)4-5-28-11-23-10-26-28;2*1-3-13-11-10(1)5-9(6-14-11)2-4-16-8-12-7-15-16;8-6-3-5-1-2-9-7(5)10-4-6/h1-3,6-11H,4-5H2,(H,24,25);1,3,5-8H,2,4H2,(H,13,14);1-8H,(H,13,14);1-4H,(H,9,10)/b;;4-2+;. The zero-order valence-corrected chi connectivity index (χ0v) is 38.8. The summed E-state index contributed by atoms with van der Waals surface area (Å²) < 4.78 is 39.7. The van der Waals surface area contributed by atoms with E-state index in [2.05, 4.69) is 103 Å². The Morgan fingerprint density at radius 1 is 0.592 bits per heavy atom. The lowest BCUT2D eigenvalue weighted by molar-refractivity contribution is 0.432. The van der Waals surface area contributed by atoms with Crippen LogP contribution in [-0.2, 0) is 25.9 Å². The summed E-state index contributed by atoms with van der Waals surface area (Å²) in [5, 5.41) is 20.1. The molecule has 0 unspecified atom stereocenters. The zero-order valence-electron chi connectivity index (χ0n) is 37.2. The van der Waals surface area contributed by atoms with Gasteiger partial charge in [-0.2, -0.15) is 15.3 Å². The van der Waals surface area contributed by atoms with Crippen LogP contribution in [0.15, 0.2) is 163 Å². The van der Waals surface area contributed by atoms with Crippen LogP contribution in [0.2, 0.25) is 0 Å². The van der Waals surface area contributed by atoms with Crippen LogP contribution in [0.4, 0.5) is 8.78 Å². The van der Waals surface area contributed by atoms with Crippen LogP contribution in [0.1, 0.15) is 16.7 Å². The average molecular weight is 1010 g/mol. The van der Waals surface area contributed by atoms with Crippen LogP contribution in [0.25, 0.3) is 78.9 Å². The Hall–Kier alpha value is -9.31.